The van der Waals surface area contributed by atoms with Crippen molar-refractivity contribution < 1.29 is 17.9 Å². The van der Waals surface area contributed by atoms with Crippen LogP contribution in [0.3, 0.4) is 0 Å². The number of ether oxygens (including phenoxy) is 1. The monoisotopic (exact) mass is 358 g/mol. The summed E-state index contributed by atoms with van der Waals surface area (Å²) in [5.74, 6) is 0.443. The first-order valence-corrected chi connectivity index (χ1v) is 8.00. The molecule has 0 saturated heterocycles. The molecule has 0 amide bonds. The van der Waals surface area contributed by atoms with Crippen molar-refractivity contribution >= 4 is 0 Å². The fourth-order valence-corrected chi connectivity index (χ4v) is 2.58. The Bertz CT molecular complexity index is 862. The molecule has 3 nitrogen and oxygen atoms in total. The Kier molecular flexibility index (Phi) is 5.23. The summed E-state index contributed by atoms with van der Waals surface area (Å²) in [6.07, 6.45) is -2.82. The molecule has 2 N–H and O–H groups in total. The predicted molar refractivity (Wildman–Crippen MR) is 93.3 cm³/mol. The normalized spacial score (nSPS) is 11.4. The molecule has 0 aliphatic carbocycles. The van der Waals surface area contributed by atoms with Gasteiger partial charge in [0.05, 0.1) is 5.56 Å². The van der Waals surface area contributed by atoms with Gasteiger partial charge >= 0.3 is 6.18 Å². The number of nitrogens with two attached hydrogens (primary N) is 1. The van der Waals surface area contributed by atoms with Crippen LogP contribution in [0.25, 0.3) is 11.1 Å². The quantitative estimate of drug-likeness (QED) is 0.712. The molecular weight excluding hydrogens is 341 g/mol. The van der Waals surface area contributed by atoms with Crippen molar-refractivity contribution in [2.24, 2.45) is 5.73 Å². The fourth-order valence-electron chi connectivity index (χ4n) is 2.58. The molecule has 0 unspecified atom stereocenters. The molecule has 0 atom stereocenters. The zero-order chi connectivity index (χ0) is 18.6. The minimum atomic E-state index is -4.39. The Hall–Kier alpha value is -2.86. The van der Waals surface area contributed by atoms with Crippen LogP contribution in [0.15, 0.2) is 66.9 Å². The second-order valence-corrected chi connectivity index (χ2v) is 5.73. The number of nitrogens with zero attached hydrogens (tertiary/aromatic N) is 1. The molecule has 0 spiro atoms. The van der Waals surface area contributed by atoms with E-state index in [1.165, 1.54) is 6.07 Å². The first-order chi connectivity index (χ1) is 12.5. The van der Waals surface area contributed by atoms with E-state index in [1.54, 1.807) is 18.3 Å². The summed E-state index contributed by atoms with van der Waals surface area (Å²) < 4.78 is 44.2. The highest BCUT2D eigenvalue weighted by Gasteiger charge is 2.30. The summed E-state index contributed by atoms with van der Waals surface area (Å²) in [4.78, 5) is 4.23. The summed E-state index contributed by atoms with van der Waals surface area (Å²) in [7, 11) is 0. The first-order valence-electron chi connectivity index (χ1n) is 8.00. The zero-order valence-electron chi connectivity index (χ0n) is 13.8. The molecule has 0 fully saturated rings. The van der Waals surface area contributed by atoms with Gasteiger partial charge in [-0.25, -0.2) is 4.98 Å². The third kappa shape index (κ3) is 4.21. The lowest BCUT2D eigenvalue weighted by atomic mass is 9.98. The molecule has 0 aliphatic heterocycles. The topological polar surface area (TPSA) is 48.1 Å². The highest BCUT2D eigenvalue weighted by Crippen LogP contribution is 2.33. The lowest BCUT2D eigenvalue weighted by Gasteiger charge is -2.13. The molecule has 0 bridgehead atoms. The SMILES string of the molecule is NCc1cc(C(F)(F)F)ccc1-c1ccc(OCc2ccccc2)nc1. The molecule has 3 aromatic rings. The molecule has 3 rings (SSSR count). The Morgan fingerprint density at radius 1 is 0.962 bits per heavy atom. The number of hydrogen-bond donors (Lipinski definition) is 1. The summed E-state index contributed by atoms with van der Waals surface area (Å²) in [6, 6.07) is 16.7. The number of pyridine rings is 1. The average molecular weight is 358 g/mol. The van der Waals surface area contributed by atoms with Gasteiger partial charge < -0.3 is 10.5 Å². The van der Waals surface area contributed by atoms with E-state index in [2.05, 4.69) is 4.98 Å². The lowest BCUT2D eigenvalue weighted by Crippen LogP contribution is -2.08. The number of alkyl halides is 3. The summed E-state index contributed by atoms with van der Waals surface area (Å²) in [6.45, 7) is 0.396. The number of aromatic nitrogens is 1. The van der Waals surface area contributed by atoms with Gasteiger partial charge in [0, 0.05) is 24.4 Å². The van der Waals surface area contributed by atoms with Crippen molar-refractivity contribution in [3.05, 3.63) is 83.6 Å². The smallest absolute Gasteiger partial charge is 0.416 e. The molecule has 1 aromatic heterocycles. The van der Waals surface area contributed by atoms with Crippen LogP contribution in [0.1, 0.15) is 16.7 Å². The predicted octanol–water partition coefficient (Wildman–Crippen LogP) is 4.81. The second kappa shape index (κ2) is 7.58. The van der Waals surface area contributed by atoms with Crippen LogP contribution in [0.5, 0.6) is 5.88 Å². The highest BCUT2D eigenvalue weighted by atomic mass is 19.4. The van der Waals surface area contributed by atoms with E-state index in [0.29, 0.717) is 29.2 Å². The van der Waals surface area contributed by atoms with Gasteiger partial charge in [-0.05, 0) is 34.9 Å². The van der Waals surface area contributed by atoms with Crippen LogP contribution in [-0.4, -0.2) is 4.98 Å². The van der Waals surface area contributed by atoms with E-state index in [0.717, 1.165) is 17.7 Å². The Labute approximate surface area is 149 Å². The average Bonchev–Trinajstić information content (AvgIpc) is 2.66. The van der Waals surface area contributed by atoms with Gasteiger partial charge in [-0.3, -0.25) is 0 Å². The van der Waals surface area contributed by atoms with Crippen molar-refractivity contribution in [3.63, 3.8) is 0 Å². The van der Waals surface area contributed by atoms with Crippen molar-refractivity contribution in [2.75, 3.05) is 0 Å². The van der Waals surface area contributed by atoms with Gasteiger partial charge in [-0.2, -0.15) is 13.2 Å². The Morgan fingerprint density at radius 3 is 2.35 bits per heavy atom. The Balaban J connectivity index is 1.78. The third-order valence-electron chi connectivity index (χ3n) is 3.93. The Morgan fingerprint density at radius 2 is 1.73 bits per heavy atom. The second-order valence-electron chi connectivity index (χ2n) is 5.73. The van der Waals surface area contributed by atoms with Crippen LogP contribution in [-0.2, 0) is 19.3 Å². The number of hydrogen-bond acceptors (Lipinski definition) is 3. The third-order valence-corrected chi connectivity index (χ3v) is 3.93. The van der Waals surface area contributed by atoms with Crippen LogP contribution >= 0.6 is 0 Å². The molecule has 0 radical (unpaired) electrons. The molecule has 6 heteroatoms. The molecule has 26 heavy (non-hydrogen) atoms. The maximum Gasteiger partial charge on any atom is 0.416 e. The van der Waals surface area contributed by atoms with E-state index < -0.39 is 11.7 Å². The van der Waals surface area contributed by atoms with Gasteiger partial charge in [-0.1, -0.05) is 36.4 Å². The fraction of sp³-hybridized carbons (Fsp3) is 0.150. The van der Waals surface area contributed by atoms with Gasteiger partial charge in [0.25, 0.3) is 0 Å². The summed E-state index contributed by atoms with van der Waals surface area (Å²) in [5, 5.41) is 0. The van der Waals surface area contributed by atoms with Crippen molar-refractivity contribution in [1.29, 1.82) is 0 Å². The van der Waals surface area contributed by atoms with Crippen LogP contribution in [0, 0.1) is 0 Å². The van der Waals surface area contributed by atoms with E-state index in [4.69, 9.17) is 10.5 Å². The standard InChI is InChI=1S/C20H17F3N2O/c21-20(22,23)17-7-8-18(16(10-17)11-24)15-6-9-19(25-12-15)26-13-14-4-2-1-3-5-14/h1-10,12H,11,13,24H2. The van der Waals surface area contributed by atoms with Crippen molar-refractivity contribution in [3.8, 4) is 17.0 Å². The maximum atomic E-state index is 12.8. The zero-order valence-corrected chi connectivity index (χ0v) is 13.8. The number of benzene rings is 2. The molecule has 1 heterocycles. The first kappa shape index (κ1) is 17.9. The minimum absolute atomic E-state index is 0.00547. The molecule has 0 saturated carbocycles. The van der Waals surface area contributed by atoms with Crippen molar-refractivity contribution in [2.45, 2.75) is 19.3 Å². The number of halogens is 3. The van der Waals surface area contributed by atoms with E-state index in [1.807, 2.05) is 30.3 Å². The van der Waals surface area contributed by atoms with E-state index in [-0.39, 0.29) is 6.54 Å². The van der Waals surface area contributed by atoms with Gasteiger partial charge in [0.2, 0.25) is 5.88 Å². The molecular formula is C20H17F3N2O. The van der Waals surface area contributed by atoms with Crippen molar-refractivity contribution in [1.82, 2.24) is 4.98 Å². The van der Waals surface area contributed by atoms with E-state index >= 15 is 0 Å². The summed E-state index contributed by atoms with van der Waals surface area (Å²) >= 11 is 0. The minimum Gasteiger partial charge on any atom is -0.473 e. The van der Waals surface area contributed by atoms with Gasteiger partial charge in [0.1, 0.15) is 6.61 Å². The maximum absolute atomic E-state index is 12.8. The summed E-state index contributed by atoms with van der Waals surface area (Å²) in [5.41, 5.74) is 7.67. The van der Waals surface area contributed by atoms with Gasteiger partial charge in [0.15, 0.2) is 0 Å². The van der Waals surface area contributed by atoms with Gasteiger partial charge in [-0.15, -0.1) is 0 Å². The molecule has 0 aliphatic rings. The van der Waals surface area contributed by atoms with Crippen LogP contribution in [0.4, 0.5) is 13.2 Å². The molecule has 134 valence electrons. The number of rotatable bonds is 5. The van der Waals surface area contributed by atoms with Crippen LogP contribution in [0.2, 0.25) is 0 Å². The molecule has 2 aromatic carbocycles. The van der Waals surface area contributed by atoms with E-state index in [9.17, 15) is 13.2 Å². The highest BCUT2D eigenvalue weighted by molar-refractivity contribution is 5.67. The largest absolute Gasteiger partial charge is 0.473 e. The lowest BCUT2D eigenvalue weighted by molar-refractivity contribution is -0.137. The van der Waals surface area contributed by atoms with Crippen LogP contribution < -0.4 is 10.5 Å².